The molecule has 2 aromatic carbocycles. The fourth-order valence-electron chi connectivity index (χ4n) is 2.95. The maximum absolute atomic E-state index is 13.2. The van der Waals surface area contributed by atoms with E-state index in [-0.39, 0.29) is 23.1 Å². The number of fused-ring (bicyclic) bond motifs is 1. The first kappa shape index (κ1) is 22.4. The Balaban J connectivity index is 1.60. The van der Waals surface area contributed by atoms with Crippen LogP contribution < -0.4 is 9.64 Å². The highest BCUT2D eigenvalue weighted by Gasteiger charge is 2.22. The molecule has 0 N–H and O–H groups in total. The number of hydrogen-bond acceptors (Lipinski definition) is 8. The smallest absolute Gasteiger partial charge is 0.239 e. The van der Waals surface area contributed by atoms with Crippen LogP contribution in [0.3, 0.4) is 0 Å². The van der Waals surface area contributed by atoms with Crippen molar-refractivity contribution in [2.75, 3.05) is 24.0 Å². The van der Waals surface area contributed by atoms with Gasteiger partial charge in [-0.2, -0.15) is 0 Å². The third kappa shape index (κ3) is 5.14. The number of sulfone groups is 1. The number of carbonyl (C=O) groups excluding carboxylic acids is 1. The Morgan fingerprint density at radius 1 is 1.19 bits per heavy atom. The van der Waals surface area contributed by atoms with Crippen LogP contribution in [0.1, 0.15) is 5.76 Å². The molecule has 166 valence electrons. The molecule has 0 unspecified atom stereocenters. The van der Waals surface area contributed by atoms with Crippen LogP contribution in [0.5, 0.6) is 5.75 Å². The highest BCUT2D eigenvalue weighted by atomic mass is 32.2. The molecule has 0 aliphatic carbocycles. The average molecular weight is 489 g/mol. The van der Waals surface area contributed by atoms with E-state index in [1.807, 2.05) is 24.3 Å². The number of methoxy groups -OCH3 is 1. The van der Waals surface area contributed by atoms with Gasteiger partial charge in [0, 0.05) is 11.2 Å². The van der Waals surface area contributed by atoms with E-state index in [1.165, 1.54) is 35.4 Å². The number of thiazole rings is 1. The molecule has 0 aliphatic rings. The van der Waals surface area contributed by atoms with Gasteiger partial charge in [0.05, 0.1) is 40.8 Å². The van der Waals surface area contributed by atoms with Gasteiger partial charge in [-0.25, -0.2) is 13.4 Å². The molecule has 0 spiro atoms. The number of anilines is 1. The van der Waals surface area contributed by atoms with Gasteiger partial charge in [-0.3, -0.25) is 9.69 Å². The number of furan rings is 1. The van der Waals surface area contributed by atoms with Gasteiger partial charge in [-0.15, -0.1) is 11.8 Å². The summed E-state index contributed by atoms with van der Waals surface area (Å²) in [5.74, 6) is 1.45. The molecule has 2 aromatic heterocycles. The van der Waals surface area contributed by atoms with E-state index in [1.54, 1.807) is 42.5 Å². The highest BCUT2D eigenvalue weighted by Crippen LogP contribution is 2.32. The van der Waals surface area contributed by atoms with Crippen LogP contribution in [0.4, 0.5) is 5.13 Å². The van der Waals surface area contributed by atoms with E-state index in [0.717, 1.165) is 10.6 Å². The molecule has 2 heterocycles. The zero-order valence-corrected chi connectivity index (χ0v) is 19.8. The Labute approximate surface area is 193 Å². The van der Waals surface area contributed by atoms with Gasteiger partial charge in [0.25, 0.3) is 0 Å². The number of nitrogens with zero attached hydrogens (tertiary/aromatic N) is 2. The van der Waals surface area contributed by atoms with E-state index in [2.05, 4.69) is 4.98 Å². The summed E-state index contributed by atoms with van der Waals surface area (Å²) in [6, 6.07) is 15.8. The lowest BCUT2D eigenvalue weighted by atomic mass is 10.3. The summed E-state index contributed by atoms with van der Waals surface area (Å²) in [6.45, 7) is 0.230. The standard InChI is InChI=1S/C22H20N2O5S3/c1-28-15-5-7-17(8-6-15)30-14-21(25)24(13-16-4-3-11-29-16)22-23-19-10-9-18(32(2,26)27)12-20(19)31-22/h3-12H,13-14H2,1-2H3. The molecule has 0 atom stereocenters. The number of carbonyl (C=O) groups is 1. The van der Waals surface area contributed by atoms with Crippen LogP contribution in [0.2, 0.25) is 0 Å². The lowest BCUT2D eigenvalue weighted by Crippen LogP contribution is -2.31. The Morgan fingerprint density at radius 2 is 1.97 bits per heavy atom. The van der Waals surface area contributed by atoms with Gasteiger partial charge in [-0.05, 0) is 54.6 Å². The lowest BCUT2D eigenvalue weighted by Gasteiger charge is -2.18. The molecule has 0 saturated carbocycles. The molecule has 10 heteroatoms. The van der Waals surface area contributed by atoms with Gasteiger partial charge in [0.15, 0.2) is 15.0 Å². The van der Waals surface area contributed by atoms with Crippen molar-refractivity contribution in [3.8, 4) is 5.75 Å². The zero-order chi connectivity index (χ0) is 22.7. The maximum Gasteiger partial charge on any atom is 0.239 e. The topological polar surface area (TPSA) is 89.7 Å². The van der Waals surface area contributed by atoms with Crippen molar-refractivity contribution in [3.63, 3.8) is 0 Å². The van der Waals surface area contributed by atoms with Crippen LogP contribution in [-0.4, -0.2) is 38.4 Å². The fourth-order valence-corrected chi connectivity index (χ4v) is 5.47. The van der Waals surface area contributed by atoms with Crippen molar-refractivity contribution in [3.05, 3.63) is 66.6 Å². The summed E-state index contributed by atoms with van der Waals surface area (Å²) in [4.78, 5) is 20.5. The van der Waals surface area contributed by atoms with Gasteiger partial charge in [0.1, 0.15) is 11.5 Å². The minimum absolute atomic E-state index is 0.135. The number of rotatable bonds is 8. The maximum atomic E-state index is 13.2. The van der Waals surface area contributed by atoms with E-state index >= 15 is 0 Å². The van der Waals surface area contributed by atoms with Gasteiger partial charge in [0.2, 0.25) is 5.91 Å². The molecule has 0 aliphatic heterocycles. The van der Waals surface area contributed by atoms with E-state index in [9.17, 15) is 13.2 Å². The number of amides is 1. The first-order chi connectivity index (χ1) is 15.3. The minimum atomic E-state index is -3.34. The number of thioether (sulfide) groups is 1. The van der Waals surface area contributed by atoms with Gasteiger partial charge < -0.3 is 9.15 Å². The third-order valence-corrected chi connectivity index (χ3v) is 7.77. The van der Waals surface area contributed by atoms with Crippen molar-refractivity contribution in [2.45, 2.75) is 16.3 Å². The molecule has 4 rings (SSSR count). The Bertz CT molecular complexity index is 1330. The second kappa shape index (κ2) is 9.35. The molecule has 0 bridgehead atoms. The van der Waals surface area contributed by atoms with Crippen molar-refractivity contribution in [1.82, 2.24) is 4.98 Å². The van der Waals surface area contributed by atoms with Crippen LogP contribution in [-0.2, 0) is 21.2 Å². The Kier molecular flexibility index (Phi) is 6.54. The summed E-state index contributed by atoms with van der Waals surface area (Å²) in [6.07, 6.45) is 2.72. The Morgan fingerprint density at radius 3 is 2.62 bits per heavy atom. The molecule has 7 nitrogen and oxygen atoms in total. The molecule has 4 aromatic rings. The summed E-state index contributed by atoms with van der Waals surface area (Å²) in [5.41, 5.74) is 0.637. The molecule has 32 heavy (non-hydrogen) atoms. The molecule has 0 fully saturated rings. The first-order valence-electron chi connectivity index (χ1n) is 9.54. The van der Waals surface area contributed by atoms with Crippen LogP contribution in [0.25, 0.3) is 10.2 Å². The number of benzene rings is 2. The second-order valence-corrected chi connectivity index (χ2v) is 11.0. The van der Waals surface area contributed by atoms with E-state index < -0.39 is 9.84 Å². The lowest BCUT2D eigenvalue weighted by molar-refractivity contribution is -0.116. The molecular weight excluding hydrogens is 468 g/mol. The van der Waals surface area contributed by atoms with Gasteiger partial charge in [-0.1, -0.05) is 11.3 Å². The number of hydrogen-bond donors (Lipinski definition) is 0. The average Bonchev–Trinajstić information content (AvgIpc) is 3.44. The van der Waals surface area contributed by atoms with Crippen molar-refractivity contribution in [1.29, 1.82) is 0 Å². The molecule has 1 amide bonds. The van der Waals surface area contributed by atoms with Crippen molar-refractivity contribution >= 4 is 54.2 Å². The largest absolute Gasteiger partial charge is 0.497 e. The zero-order valence-electron chi connectivity index (χ0n) is 17.3. The molecular formula is C22H20N2O5S3. The van der Waals surface area contributed by atoms with E-state index in [0.29, 0.717) is 21.1 Å². The van der Waals surface area contributed by atoms with Crippen molar-refractivity contribution in [2.24, 2.45) is 0 Å². The summed E-state index contributed by atoms with van der Waals surface area (Å²) in [7, 11) is -1.73. The van der Waals surface area contributed by atoms with Crippen LogP contribution >= 0.6 is 23.1 Å². The first-order valence-corrected chi connectivity index (χ1v) is 13.2. The summed E-state index contributed by atoms with van der Waals surface area (Å²) >= 11 is 2.69. The third-order valence-electron chi connectivity index (χ3n) is 4.62. The minimum Gasteiger partial charge on any atom is -0.497 e. The predicted octanol–water partition coefficient (Wildman–Crippen LogP) is 4.63. The quantitative estimate of drug-likeness (QED) is 0.334. The van der Waals surface area contributed by atoms with Crippen molar-refractivity contribution < 1.29 is 22.4 Å². The van der Waals surface area contributed by atoms with Gasteiger partial charge >= 0.3 is 0 Å². The Hall–Kier alpha value is -2.82. The SMILES string of the molecule is COc1ccc(SCC(=O)N(Cc2ccco2)c2nc3ccc(S(C)(=O)=O)cc3s2)cc1. The molecule has 0 saturated heterocycles. The van der Waals surface area contributed by atoms with E-state index in [4.69, 9.17) is 9.15 Å². The number of ether oxygens (including phenoxy) is 1. The second-order valence-electron chi connectivity index (χ2n) is 6.92. The summed E-state index contributed by atoms with van der Waals surface area (Å²) in [5, 5.41) is 0.488. The predicted molar refractivity (Wildman–Crippen MR) is 126 cm³/mol. The monoisotopic (exact) mass is 488 g/mol. The number of aromatic nitrogens is 1. The molecule has 0 radical (unpaired) electrons. The summed E-state index contributed by atoms with van der Waals surface area (Å²) < 4.78 is 35.1. The van der Waals surface area contributed by atoms with Crippen LogP contribution in [0.15, 0.2) is 75.1 Å². The fraction of sp³-hybridized carbons (Fsp3) is 0.182. The normalized spacial score (nSPS) is 11.6. The highest BCUT2D eigenvalue weighted by molar-refractivity contribution is 8.00. The van der Waals surface area contributed by atoms with Crippen LogP contribution in [0, 0.1) is 0 Å².